The number of hydrogen-bond donors (Lipinski definition) is 0. The lowest BCUT2D eigenvalue weighted by molar-refractivity contribution is -0.136. The third kappa shape index (κ3) is 6.75. The summed E-state index contributed by atoms with van der Waals surface area (Å²) in [6.07, 6.45) is 2.35. The van der Waals surface area contributed by atoms with Crippen LogP contribution in [0.1, 0.15) is 29.2 Å². The first kappa shape index (κ1) is 29.5. The van der Waals surface area contributed by atoms with Gasteiger partial charge in [0.15, 0.2) is 11.5 Å². The van der Waals surface area contributed by atoms with Gasteiger partial charge in [-0.15, -0.1) is 0 Å². The Kier molecular flexibility index (Phi) is 9.28. The average molecular weight is 676 g/mol. The number of benzene rings is 3. The van der Waals surface area contributed by atoms with Gasteiger partial charge in [-0.2, -0.15) is 0 Å². The number of amides is 3. The Hall–Kier alpha value is -2.98. The molecule has 5 rings (SSSR count). The average Bonchev–Trinajstić information content (AvgIpc) is 3.21. The van der Waals surface area contributed by atoms with Crippen LogP contribution >= 0.6 is 50.9 Å². The highest BCUT2D eigenvalue weighted by Gasteiger charge is 2.37. The van der Waals surface area contributed by atoms with Gasteiger partial charge in [0, 0.05) is 33.2 Å². The molecule has 2 heterocycles. The van der Waals surface area contributed by atoms with Crippen molar-refractivity contribution < 1.29 is 23.9 Å². The van der Waals surface area contributed by atoms with Crippen LogP contribution in [-0.4, -0.2) is 46.5 Å². The van der Waals surface area contributed by atoms with E-state index in [4.69, 9.17) is 32.7 Å². The molecule has 2 aliphatic heterocycles. The highest BCUT2D eigenvalue weighted by Crippen LogP contribution is 2.39. The SMILES string of the molecule is CCOc1cc(/C=C2\SC(=O)N(CC(=O)N3CCc4ccccc4C3)C2=O)c(Br)cc1OCc1ccc(Cl)cc1Cl. The fraction of sp³-hybridized carbons (Fsp3) is 0.233. The molecule has 0 saturated carbocycles. The van der Waals surface area contributed by atoms with Gasteiger partial charge >= 0.3 is 0 Å². The smallest absolute Gasteiger partial charge is 0.294 e. The van der Waals surface area contributed by atoms with Gasteiger partial charge in [-0.05, 0) is 72.1 Å². The summed E-state index contributed by atoms with van der Waals surface area (Å²) in [7, 11) is 0. The molecule has 0 aliphatic carbocycles. The number of nitrogens with zero attached hydrogens (tertiary/aromatic N) is 2. The van der Waals surface area contributed by atoms with Gasteiger partial charge in [-0.1, -0.05) is 69.5 Å². The third-order valence-corrected chi connectivity index (χ3v) is 8.88. The molecule has 0 radical (unpaired) electrons. The highest BCUT2D eigenvalue weighted by molar-refractivity contribution is 9.10. The van der Waals surface area contributed by atoms with Crippen molar-refractivity contribution in [3.8, 4) is 11.5 Å². The molecule has 1 fully saturated rings. The van der Waals surface area contributed by atoms with E-state index in [0.717, 1.165) is 34.2 Å². The van der Waals surface area contributed by atoms with Crippen molar-refractivity contribution >= 4 is 74.0 Å². The van der Waals surface area contributed by atoms with Crippen LogP contribution in [0, 0.1) is 0 Å². The predicted molar refractivity (Wildman–Crippen MR) is 164 cm³/mol. The summed E-state index contributed by atoms with van der Waals surface area (Å²) in [5.74, 6) is 0.175. The number of thioether (sulfide) groups is 1. The number of carbonyl (C=O) groups is 3. The van der Waals surface area contributed by atoms with Crippen molar-refractivity contribution in [2.45, 2.75) is 26.5 Å². The van der Waals surface area contributed by atoms with Gasteiger partial charge in [0.1, 0.15) is 13.2 Å². The van der Waals surface area contributed by atoms with Crippen LogP contribution in [0.3, 0.4) is 0 Å². The van der Waals surface area contributed by atoms with E-state index in [0.29, 0.717) is 51.3 Å². The molecule has 0 spiro atoms. The van der Waals surface area contributed by atoms with Crippen LogP contribution in [0.25, 0.3) is 6.08 Å². The van der Waals surface area contributed by atoms with Gasteiger partial charge in [0.2, 0.25) is 5.91 Å². The zero-order valence-electron chi connectivity index (χ0n) is 22.0. The quantitative estimate of drug-likeness (QED) is 0.232. The molecule has 3 aromatic rings. The Morgan fingerprint density at radius 3 is 2.56 bits per heavy atom. The zero-order chi connectivity index (χ0) is 29.1. The summed E-state index contributed by atoms with van der Waals surface area (Å²) in [5.41, 5.74) is 3.68. The molecule has 3 aromatic carbocycles. The van der Waals surface area contributed by atoms with Crippen molar-refractivity contribution in [2.75, 3.05) is 19.7 Å². The molecule has 1 saturated heterocycles. The van der Waals surface area contributed by atoms with Crippen LogP contribution in [-0.2, 0) is 29.2 Å². The fourth-order valence-corrected chi connectivity index (χ4v) is 6.29. The van der Waals surface area contributed by atoms with Crippen LogP contribution < -0.4 is 9.47 Å². The van der Waals surface area contributed by atoms with Crippen molar-refractivity contribution in [3.63, 3.8) is 0 Å². The minimum Gasteiger partial charge on any atom is -0.490 e. The Balaban J connectivity index is 1.30. The first-order valence-electron chi connectivity index (χ1n) is 12.9. The molecule has 0 unspecified atom stereocenters. The summed E-state index contributed by atoms with van der Waals surface area (Å²) in [5, 5.41) is 0.547. The largest absolute Gasteiger partial charge is 0.490 e. The lowest BCUT2D eigenvalue weighted by atomic mass is 10.00. The van der Waals surface area contributed by atoms with Gasteiger partial charge < -0.3 is 14.4 Å². The van der Waals surface area contributed by atoms with E-state index in [-0.39, 0.29) is 24.0 Å². The van der Waals surface area contributed by atoms with E-state index >= 15 is 0 Å². The van der Waals surface area contributed by atoms with E-state index in [1.807, 2.05) is 25.1 Å². The number of fused-ring (bicyclic) bond motifs is 1. The van der Waals surface area contributed by atoms with E-state index < -0.39 is 11.1 Å². The summed E-state index contributed by atoms with van der Waals surface area (Å²) in [6.45, 7) is 3.15. The molecule has 3 amide bonds. The Morgan fingerprint density at radius 1 is 1.05 bits per heavy atom. The molecule has 0 bridgehead atoms. The van der Waals surface area contributed by atoms with Crippen LogP contribution in [0.15, 0.2) is 64.0 Å². The lowest BCUT2D eigenvalue weighted by Crippen LogP contribution is -2.44. The van der Waals surface area contributed by atoms with Gasteiger partial charge in [0.25, 0.3) is 11.1 Å². The third-order valence-electron chi connectivity index (χ3n) is 6.70. The van der Waals surface area contributed by atoms with Gasteiger partial charge in [-0.25, -0.2) is 0 Å². The molecule has 2 aliphatic rings. The monoisotopic (exact) mass is 674 g/mol. The molecule has 0 aromatic heterocycles. The van der Waals surface area contributed by atoms with E-state index in [1.54, 1.807) is 41.3 Å². The normalized spacial score (nSPS) is 15.9. The van der Waals surface area contributed by atoms with Crippen LogP contribution in [0.2, 0.25) is 10.0 Å². The minimum absolute atomic E-state index is 0.192. The second-order valence-electron chi connectivity index (χ2n) is 9.38. The first-order chi connectivity index (χ1) is 19.7. The standard InChI is InChI=1S/C30H25BrCl2N2O5S/c1-2-39-25-11-21(23(31)14-26(25)40-17-20-7-8-22(32)13-24(20)33)12-27-29(37)35(30(38)41-27)16-28(36)34-10-9-18-5-3-4-6-19(18)15-34/h3-8,11-14H,2,9-10,15-17H2,1H3/b27-12-. The maximum Gasteiger partial charge on any atom is 0.294 e. The summed E-state index contributed by atoms with van der Waals surface area (Å²) >= 11 is 16.6. The predicted octanol–water partition coefficient (Wildman–Crippen LogP) is 7.35. The first-order valence-corrected chi connectivity index (χ1v) is 15.2. The summed E-state index contributed by atoms with van der Waals surface area (Å²) in [4.78, 5) is 41.9. The molecule has 0 N–H and O–H groups in total. The lowest BCUT2D eigenvalue weighted by Gasteiger charge is -2.29. The molecule has 7 nitrogen and oxygen atoms in total. The van der Waals surface area contributed by atoms with Crippen molar-refractivity contribution in [1.82, 2.24) is 9.80 Å². The van der Waals surface area contributed by atoms with Crippen molar-refractivity contribution in [3.05, 3.63) is 96.3 Å². The second kappa shape index (κ2) is 12.9. The van der Waals surface area contributed by atoms with Crippen LogP contribution in [0.4, 0.5) is 4.79 Å². The molecule has 11 heteroatoms. The Labute approximate surface area is 260 Å². The molecule has 41 heavy (non-hydrogen) atoms. The number of ether oxygens (including phenoxy) is 2. The molecule has 0 atom stereocenters. The Morgan fingerprint density at radius 2 is 1.80 bits per heavy atom. The minimum atomic E-state index is -0.506. The van der Waals surface area contributed by atoms with Crippen molar-refractivity contribution in [2.24, 2.45) is 0 Å². The number of carbonyl (C=O) groups excluding carboxylic acids is 3. The molecular weight excluding hydrogens is 651 g/mol. The Bertz CT molecular complexity index is 1560. The van der Waals surface area contributed by atoms with E-state index in [1.165, 1.54) is 5.56 Å². The highest BCUT2D eigenvalue weighted by atomic mass is 79.9. The molecule has 212 valence electrons. The van der Waals surface area contributed by atoms with E-state index in [9.17, 15) is 14.4 Å². The number of rotatable bonds is 8. The fourth-order valence-electron chi connectivity index (χ4n) is 4.56. The summed E-state index contributed by atoms with van der Waals surface area (Å²) in [6, 6.07) is 16.6. The number of hydrogen-bond acceptors (Lipinski definition) is 6. The van der Waals surface area contributed by atoms with Crippen molar-refractivity contribution in [1.29, 1.82) is 0 Å². The van der Waals surface area contributed by atoms with Gasteiger partial charge in [0.05, 0.1) is 11.5 Å². The number of imide groups is 1. The number of halogens is 3. The zero-order valence-corrected chi connectivity index (χ0v) is 25.9. The van der Waals surface area contributed by atoms with Gasteiger partial charge in [-0.3, -0.25) is 19.3 Å². The topological polar surface area (TPSA) is 76.2 Å². The van der Waals surface area contributed by atoms with E-state index in [2.05, 4.69) is 22.0 Å². The maximum absolute atomic E-state index is 13.2. The summed E-state index contributed by atoms with van der Waals surface area (Å²) < 4.78 is 12.4. The second-order valence-corrected chi connectivity index (χ2v) is 12.1. The van der Waals surface area contributed by atoms with Crippen LogP contribution in [0.5, 0.6) is 11.5 Å². The molecular formula is C30H25BrCl2N2O5S. The maximum atomic E-state index is 13.2.